The van der Waals surface area contributed by atoms with E-state index in [1.807, 2.05) is 48.5 Å². The Kier molecular flexibility index (Phi) is 4.72. The van der Waals surface area contributed by atoms with Gasteiger partial charge in [-0.2, -0.15) is 0 Å². The molecule has 6 rings (SSSR count). The van der Waals surface area contributed by atoms with Crippen LogP contribution in [0.15, 0.2) is 48.5 Å². The van der Waals surface area contributed by atoms with Crippen LogP contribution in [-0.2, 0) is 14.3 Å². The number of piperidine rings is 1. The summed E-state index contributed by atoms with van der Waals surface area (Å²) in [4.78, 5) is 37.7. The van der Waals surface area contributed by atoms with E-state index in [2.05, 4.69) is 5.32 Å². The van der Waals surface area contributed by atoms with Gasteiger partial charge in [-0.15, -0.1) is 0 Å². The van der Waals surface area contributed by atoms with Gasteiger partial charge >= 0.3 is 12.1 Å². The van der Waals surface area contributed by atoms with E-state index in [1.54, 1.807) is 0 Å². The van der Waals surface area contributed by atoms with Crippen molar-refractivity contribution in [3.8, 4) is 11.1 Å². The maximum Gasteiger partial charge on any atom is 0.407 e. The highest BCUT2D eigenvalue weighted by molar-refractivity contribution is 5.87. The average Bonchev–Trinajstić information content (AvgIpc) is 3.56. The lowest BCUT2D eigenvalue weighted by Gasteiger charge is -2.19. The number of fused-ring (bicyclic) bond motifs is 4. The number of alkyl carbamates (subject to hydrolysis) is 1. The smallest absolute Gasteiger partial charge is 0.407 e. The monoisotopic (exact) mass is 482 g/mol. The molecule has 182 valence electrons. The highest BCUT2D eigenvalue weighted by Gasteiger charge is 2.74. The predicted molar refractivity (Wildman–Crippen MR) is 120 cm³/mol. The van der Waals surface area contributed by atoms with Crippen LogP contribution < -0.4 is 5.32 Å². The molecule has 2 amide bonds. The summed E-state index contributed by atoms with van der Waals surface area (Å²) in [6, 6.07) is 15.7. The molecule has 0 bridgehead atoms. The molecule has 0 aromatic heterocycles. The second-order valence-corrected chi connectivity index (χ2v) is 10.0. The Morgan fingerprint density at radius 2 is 1.69 bits per heavy atom. The van der Waals surface area contributed by atoms with E-state index in [0.717, 1.165) is 22.3 Å². The van der Waals surface area contributed by atoms with Gasteiger partial charge in [0.05, 0.1) is 11.3 Å². The number of nitrogens with one attached hydrogen (secondary N) is 1. The second kappa shape index (κ2) is 7.50. The lowest BCUT2D eigenvalue weighted by molar-refractivity contribution is -0.144. The summed E-state index contributed by atoms with van der Waals surface area (Å²) in [5.41, 5.74) is 3.29. The van der Waals surface area contributed by atoms with E-state index in [4.69, 9.17) is 4.74 Å². The van der Waals surface area contributed by atoms with Crippen LogP contribution in [-0.4, -0.2) is 60.1 Å². The number of hydrogen-bond donors (Lipinski definition) is 2. The zero-order chi connectivity index (χ0) is 24.5. The van der Waals surface area contributed by atoms with Gasteiger partial charge in [-0.25, -0.2) is 13.6 Å². The van der Waals surface area contributed by atoms with Gasteiger partial charge in [-0.05, 0) is 34.6 Å². The van der Waals surface area contributed by atoms with Crippen LogP contribution in [0.5, 0.6) is 0 Å². The number of nitrogens with zero attached hydrogens (tertiary/aromatic N) is 1. The zero-order valence-corrected chi connectivity index (χ0v) is 18.7. The van der Waals surface area contributed by atoms with E-state index in [9.17, 15) is 28.3 Å². The second-order valence-electron chi connectivity index (χ2n) is 10.0. The van der Waals surface area contributed by atoms with E-state index in [-0.39, 0.29) is 38.1 Å². The first kappa shape index (κ1) is 22.0. The first-order chi connectivity index (χ1) is 16.7. The van der Waals surface area contributed by atoms with Crippen molar-refractivity contribution in [3.05, 3.63) is 59.7 Å². The number of carboxylic acids is 1. The number of carboxylic acid groups (broad SMARTS) is 1. The van der Waals surface area contributed by atoms with Crippen LogP contribution in [0.2, 0.25) is 0 Å². The maximum absolute atomic E-state index is 14.4. The third kappa shape index (κ3) is 3.31. The fourth-order valence-electron chi connectivity index (χ4n) is 6.00. The number of aliphatic carboxylic acids is 1. The lowest BCUT2D eigenvalue weighted by atomic mass is 9.98. The first-order valence-electron chi connectivity index (χ1n) is 11.7. The van der Waals surface area contributed by atoms with Gasteiger partial charge in [-0.3, -0.25) is 9.59 Å². The van der Waals surface area contributed by atoms with Gasteiger partial charge in [0.15, 0.2) is 0 Å². The van der Waals surface area contributed by atoms with E-state index in [1.165, 1.54) is 4.90 Å². The minimum Gasteiger partial charge on any atom is -0.481 e. The third-order valence-electron chi connectivity index (χ3n) is 8.16. The molecule has 4 atom stereocenters. The fourth-order valence-corrected chi connectivity index (χ4v) is 6.00. The molecule has 1 saturated heterocycles. The largest absolute Gasteiger partial charge is 0.481 e. The Morgan fingerprint density at radius 3 is 2.29 bits per heavy atom. The summed E-state index contributed by atoms with van der Waals surface area (Å²) in [5, 5.41) is 11.7. The van der Waals surface area contributed by atoms with Crippen molar-refractivity contribution in [2.24, 2.45) is 23.2 Å². The van der Waals surface area contributed by atoms with Crippen molar-refractivity contribution in [2.75, 3.05) is 26.2 Å². The number of amides is 2. The Balaban J connectivity index is 1.04. The van der Waals surface area contributed by atoms with Crippen LogP contribution in [0, 0.1) is 23.2 Å². The molecule has 2 unspecified atom stereocenters. The minimum absolute atomic E-state index is 0.0229. The van der Waals surface area contributed by atoms with Gasteiger partial charge in [0, 0.05) is 25.6 Å². The Hall–Kier alpha value is -3.49. The van der Waals surface area contributed by atoms with Gasteiger partial charge in [0.25, 0.3) is 5.92 Å². The van der Waals surface area contributed by atoms with Crippen molar-refractivity contribution in [1.29, 1.82) is 0 Å². The van der Waals surface area contributed by atoms with E-state index >= 15 is 0 Å². The molecule has 7 nitrogen and oxygen atoms in total. The summed E-state index contributed by atoms with van der Waals surface area (Å²) < 4.78 is 34.2. The molecule has 2 saturated carbocycles. The minimum atomic E-state index is -3.24. The number of hydrogen-bond acceptors (Lipinski definition) is 4. The molecular weight excluding hydrogens is 458 g/mol. The maximum atomic E-state index is 14.4. The highest BCUT2D eigenvalue weighted by atomic mass is 19.3. The first-order valence-corrected chi connectivity index (χ1v) is 11.7. The number of rotatable bonds is 6. The standard InChI is InChI=1S/C26H24F2N2O5/c27-26(28)20(21(26)22(31)30-11-14-9-25(14,13-30)23(32)33)10-29-24(34)35-12-19-17-7-3-1-5-15(17)16-6-2-4-8-18(16)19/h1-8,14,19-21H,9-13H2,(H,29,34)(H,32,33)/t14?,20-,21-,25?/m0/s1. The van der Waals surface area contributed by atoms with E-state index < -0.39 is 41.1 Å². The molecule has 0 radical (unpaired) electrons. The molecule has 1 heterocycles. The predicted octanol–water partition coefficient (Wildman–Crippen LogP) is 3.34. The molecule has 1 aliphatic heterocycles. The molecule has 3 fully saturated rings. The molecule has 3 aliphatic carbocycles. The Morgan fingerprint density at radius 1 is 1.06 bits per heavy atom. The number of halogens is 2. The van der Waals surface area contributed by atoms with Crippen LogP contribution in [0.25, 0.3) is 11.1 Å². The van der Waals surface area contributed by atoms with Crippen molar-refractivity contribution >= 4 is 18.0 Å². The number of likely N-dealkylation sites (tertiary alicyclic amines) is 1. The van der Waals surface area contributed by atoms with Gasteiger partial charge in [0.1, 0.15) is 12.5 Å². The summed E-state index contributed by atoms with van der Waals surface area (Å²) in [7, 11) is 0. The molecule has 2 aromatic rings. The quantitative estimate of drug-likeness (QED) is 0.659. The number of benzene rings is 2. The molecule has 35 heavy (non-hydrogen) atoms. The third-order valence-corrected chi connectivity index (χ3v) is 8.16. The van der Waals surface area contributed by atoms with Crippen LogP contribution >= 0.6 is 0 Å². The molecule has 2 aromatic carbocycles. The molecular formula is C26H24F2N2O5. The molecule has 4 aliphatic rings. The van der Waals surface area contributed by atoms with Gasteiger partial charge < -0.3 is 20.1 Å². The van der Waals surface area contributed by atoms with Crippen molar-refractivity contribution in [3.63, 3.8) is 0 Å². The lowest BCUT2D eigenvalue weighted by Crippen LogP contribution is -2.36. The van der Waals surface area contributed by atoms with Gasteiger partial charge in [-0.1, -0.05) is 48.5 Å². The average molecular weight is 482 g/mol. The molecule has 0 spiro atoms. The number of ether oxygens (including phenoxy) is 1. The summed E-state index contributed by atoms with van der Waals surface area (Å²) >= 11 is 0. The number of carbonyl (C=O) groups is 3. The molecule has 9 heteroatoms. The van der Waals surface area contributed by atoms with Crippen molar-refractivity contribution in [1.82, 2.24) is 10.2 Å². The Labute approximate surface area is 200 Å². The topological polar surface area (TPSA) is 95.9 Å². The van der Waals surface area contributed by atoms with Crippen LogP contribution in [0.3, 0.4) is 0 Å². The van der Waals surface area contributed by atoms with Crippen molar-refractivity contribution in [2.45, 2.75) is 18.3 Å². The zero-order valence-electron chi connectivity index (χ0n) is 18.7. The highest BCUT2D eigenvalue weighted by Crippen LogP contribution is 2.61. The molecule has 2 N–H and O–H groups in total. The van der Waals surface area contributed by atoms with Crippen LogP contribution in [0.1, 0.15) is 23.5 Å². The Bertz CT molecular complexity index is 1200. The van der Waals surface area contributed by atoms with Gasteiger partial charge in [0.2, 0.25) is 5.91 Å². The summed E-state index contributed by atoms with van der Waals surface area (Å²) in [5.74, 6) is -8.12. The van der Waals surface area contributed by atoms with Crippen LogP contribution in [0.4, 0.5) is 13.6 Å². The number of alkyl halides is 2. The SMILES string of the molecule is O=C(NC[C@H]1[C@@H](C(=O)N2CC3CC3(C(=O)O)C2)C1(F)F)OCC1c2ccccc2-c2ccccc21. The van der Waals surface area contributed by atoms with E-state index in [0.29, 0.717) is 6.42 Å². The van der Waals surface area contributed by atoms with Crippen molar-refractivity contribution < 1.29 is 33.0 Å². The normalized spacial score (nSPS) is 29.1. The fraction of sp³-hybridized carbons (Fsp3) is 0.423. The summed E-state index contributed by atoms with van der Waals surface area (Å²) in [6.45, 7) is -0.147. The summed E-state index contributed by atoms with van der Waals surface area (Å²) in [6.07, 6.45) is -0.326. The number of carbonyl (C=O) groups excluding carboxylic acids is 2.